The van der Waals surface area contributed by atoms with Gasteiger partial charge in [0.15, 0.2) is 0 Å². The van der Waals surface area contributed by atoms with E-state index in [1.54, 1.807) is 24.3 Å². The lowest BCUT2D eigenvalue weighted by Gasteiger charge is -2.06. The summed E-state index contributed by atoms with van der Waals surface area (Å²) >= 11 is 0. The zero-order valence-corrected chi connectivity index (χ0v) is 11.0. The van der Waals surface area contributed by atoms with E-state index in [1.165, 1.54) is 12.1 Å². The maximum atomic E-state index is 10.6. The van der Waals surface area contributed by atoms with Crippen molar-refractivity contribution in [2.75, 3.05) is 6.61 Å². The highest BCUT2D eigenvalue weighted by atomic mass is 16.6. The highest BCUT2D eigenvalue weighted by molar-refractivity contribution is 5.92. The lowest BCUT2D eigenvalue weighted by Crippen LogP contribution is -2.04. The molecular formula is C15H14N2O3. The van der Waals surface area contributed by atoms with Gasteiger partial charge in [-0.3, -0.25) is 15.5 Å². The third-order valence-corrected chi connectivity index (χ3v) is 2.85. The van der Waals surface area contributed by atoms with Crippen molar-refractivity contribution in [3.63, 3.8) is 0 Å². The number of benzene rings is 2. The number of non-ortho nitro benzene ring substituents is 1. The first-order valence-electron chi connectivity index (χ1n) is 6.18. The highest BCUT2D eigenvalue weighted by Gasteiger charge is 2.06. The molecule has 5 nitrogen and oxygen atoms in total. The van der Waals surface area contributed by atoms with Gasteiger partial charge in [-0.15, -0.1) is 0 Å². The van der Waals surface area contributed by atoms with Crippen LogP contribution in [0.5, 0.6) is 0 Å². The molecule has 0 aliphatic heterocycles. The standard InChI is InChI=1S/C15H14N2O3/c1-2-20-15(16)13-5-3-11(4-6-13)12-7-9-14(10-8-12)17(18)19/h3-10,16H,2H2,1H3. The van der Waals surface area contributed by atoms with E-state index in [1.807, 2.05) is 19.1 Å². The predicted octanol–water partition coefficient (Wildman–Crippen LogP) is 3.62. The Balaban J connectivity index is 2.21. The van der Waals surface area contributed by atoms with Gasteiger partial charge >= 0.3 is 0 Å². The van der Waals surface area contributed by atoms with E-state index >= 15 is 0 Å². The minimum absolute atomic E-state index is 0.0727. The van der Waals surface area contributed by atoms with Crippen LogP contribution in [0.1, 0.15) is 12.5 Å². The molecule has 5 heteroatoms. The van der Waals surface area contributed by atoms with Gasteiger partial charge in [-0.1, -0.05) is 12.1 Å². The molecule has 0 atom stereocenters. The average Bonchev–Trinajstić information content (AvgIpc) is 2.48. The highest BCUT2D eigenvalue weighted by Crippen LogP contribution is 2.22. The summed E-state index contributed by atoms with van der Waals surface area (Å²) < 4.78 is 5.12. The molecule has 0 aliphatic rings. The summed E-state index contributed by atoms with van der Waals surface area (Å²) in [5.74, 6) is 0.141. The molecule has 0 bridgehead atoms. The number of ether oxygens (including phenoxy) is 1. The van der Waals surface area contributed by atoms with Gasteiger partial charge in [-0.05, 0) is 42.3 Å². The van der Waals surface area contributed by atoms with E-state index in [2.05, 4.69) is 0 Å². The molecule has 0 saturated heterocycles. The number of nitro groups is 1. The third kappa shape index (κ3) is 3.00. The van der Waals surface area contributed by atoms with Crippen LogP contribution in [0.4, 0.5) is 5.69 Å². The fourth-order valence-electron chi connectivity index (χ4n) is 1.82. The third-order valence-electron chi connectivity index (χ3n) is 2.85. The smallest absolute Gasteiger partial charge is 0.269 e. The fraction of sp³-hybridized carbons (Fsp3) is 0.133. The van der Waals surface area contributed by atoms with Gasteiger partial charge in [-0.25, -0.2) is 0 Å². The maximum absolute atomic E-state index is 10.6. The molecule has 0 heterocycles. The number of hydrogen-bond donors (Lipinski definition) is 1. The molecule has 0 radical (unpaired) electrons. The molecule has 0 amide bonds. The zero-order chi connectivity index (χ0) is 14.5. The van der Waals surface area contributed by atoms with Crippen LogP contribution >= 0.6 is 0 Å². The van der Waals surface area contributed by atoms with Crippen molar-refractivity contribution in [3.05, 3.63) is 64.2 Å². The van der Waals surface area contributed by atoms with Gasteiger partial charge in [0.05, 0.1) is 11.5 Å². The Morgan fingerprint density at radius 2 is 1.60 bits per heavy atom. The lowest BCUT2D eigenvalue weighted by atomic mass is 10.0. The number of hydrogen-bond acceptors (Lipinski definition) is 4. The monoisotopic (exact) mass is 270 g/mol. The molecule has 0 aromatic heterocycles. The number of rotatable bonds is 4. The zero-order valence-electron chi connectivity index (χ0n) is 11.0. The largest absolute Gasteiger partial charge is 0.478 e. The van der Waals surface area contributed by atoms with Crippen LogP contribution in [-0.2, 0) is 4.74 Å². The molecule has 0 aliphatic carbocycles. The van der Waals surface area contributed by atoms with Gasteiger partial charge in [0.25, 0.3) is 5.69 Å². The minimum atomic E-state index is -0.420. The Morgan fingerprint density at radius 1 is 1.10 bits per heavy atom. The molecule has 0 saturated carbocycles. The van der Waals surface area contributed by atoms with E-state index in [0.29, 0.717) is 12.2 Å². The first kappa shape index (κ1) is 13.7. The van der Waals surface area contributed by atoms with Gasteiger partial charge in [0, 0.05) is 17.7 Å². The van der Waals surface area contributed by atoms with E-state index in [0.717, 1.165) is 11.1 Å². The van der Waals surface area contributed by atoms with E-state index < -0.39 is 4.92 Å². The molecule has 0 unspecified atom stereocenters. The first-order valence-corrected chi connectivity index (χ1v) is 6.18. The normalized spacial score (nSPS) is 10.1. The lowest BCUT2D eigenvalue weighted by molar-refractivity contribution is -0.384. The number of nitrogens with zero attached hydrogens (tertiary/aromatic N) is 1. The molecule has 2 rings (SSSR count). The first-order chi connectivity index (χ1) is 9.61. The van der Waals surface area contributed by atoms with Crippen LogP contribution in [0.3, 0.4) is 0 Å². The van der Waals surface area contributed by atoms with Gasteiger partial charge in [0.2, 0.25) is 5.90 Å². The summed E-state index contributed by atoms with van der Waals surface area (Å²) in [7, 11) is 0. The maximum Gasteiger partial charge on any atom is 0.269 e. The number of nitro benzene ring substituents is 1. The van der Waals surface area contributed by atoms with Gasteiger partial charge in [0.1, 0.15) is 0 Å². The molecule has 20 heavy (non-hydrogen) atoms. The van der Waals surface area contributed by atoms with Crippen molar-refractivity contribution in [2.45, 2.75) is 6.92 Å². The molecule has 2 aromatic rings. The fourth-order valence-corrected chi connectivity index (χ4v) is 1.82. The van der Waals surface area contributed by atoms with Crippen LogP contribution < -0.4 is 0 Å². The molecule has 0 spiro atoms. The van der Waals surface area contributed by atoms with Crippen molar-refractivity contribution in [1.29, 1.82) is 5.41 Å². The minimum Gasteiger partial charge on any atom is -0.478 e. The van der Waals surface area contributed by atoms with Crippen molar-refractivity contribution in [2.24, 2.45) is 0 Å². The van der Waals surface area contributed by atoms with Crippen molar-refractivity contribution in [1.82, 2.24) is 0 Å². The van der Waals surface area contributed by atoms with E-state index in [9.17, 15) is 10.1 Å². The van der Waals surface area contributed by atoms with Crippen molar-refractivity contribution < 1.29 is 9.66 Å². The summed E-state index contributed by atoms with van der Waals surface area (Å²) in [5.41, 5.74) is 2.61. The van der Waals surface area contributed by atoms with Crippen LogP contribution in [-0.4, -0.2) is 17.4 Å². The second-order valence-corrected chi connectivity index (χ2v) is 4.14. The topological polar surface area (TPSA) is 76.2 Å². The molecular weight excluding hydrogens is 256 g/mol. The summed E-state index contributed by atoms with van der Waals surface area (Å²) in [6, 6.07) is 13.7. The predicted molar refractivity (Wildman–Crippen MR) is 77.0 cm³/mol. The van der Waals surface area contributed by atoms with Gasteiger partial charge < -0.3 is 4.74 Å². The van der Waals surface area contributed by atoms with E-state index in [4.69, 9.17) is 10.1 Å². The van der Waals surface area contributed by atoms with E-state index in [-0.39, 0.29) is 11.6 Å². The van der Waals surface area contributed by atoms with Crippen LogP contribution in [0.25, 0.3) is 11.1 Å². The Hall–Kier alpha value is -2.69. The summed E-state index contributed by atoms with van der Waals surface area (Å²) in [4.78, 5) is 10.2. The summed E-state index contributed by atoms with van der Waals surface area (Å²) in [6.07, 6.45) is 0. The average molecular weight is 270 g/mol. The second kappa shape index (κ2) is 5.97. The van der Waals surface area contributed by atoms with Crippen LogP contribution in [0.2, 0.25) is 0 Å². The second-order valence-electron chi connectivity index (χ2n) is 4.14. The molecule has 0 fully saturated rings. The molecule has 2 aromatic carbocycles. The Morgan fingerprint density at radius 3 is 2.05 bits per heavy atom. The van der Waals surface area contributed by atoms with Crippen LogP contribution in [0.15, 0.2) is 48.5 Å². The quantitative estimate of drug-likeness (QED) is 0.399. The summed E-state index contributed by atoms with van der Waals surface area (Å²) in [6.45, 7) is 2.29. The van der Waals surface area contributed by atoms with Crippen LogP contribution in [0, 0.1) is 15.5 Å². The van der Waals surface area contributed by atoms with Crippen molar-refractivity contribution in [3.8, 4) is 11.1 Å². The SMILES string of the molecule is CCOC(=N)c1ccc(-c2ccc([N+](=O)[O-])cc2)cc1. The van der Waals surface area contributed by atoms with Crippen molar-refractivity contribution >= 4 is 11.6 Å². The summed E-state index contributed by atoms with van der Waals surface area (Å²) in [5, 5.41) is 18.3. The molecule has 1 N–H and O–H groups in total. The molecule has 102 valence electrons. The Kier molecular flexibility index (Phi) is 4.10. The van der Waals surface area contributed by atoms with Gasteiger partial charge in [-0.2, -0.15) is 0 Å². The number of nitrogens with one attached hydrogen (secondary N) is 1. The Bertz CT molecular complexity index is 619. The Labute approximate surface area is 116 Å².